The summed E-state index contributed by atoms with van der Waals surface area (Å²) in [6, 6.07) is 0. The predicted molar refractivity (Wildman–Crippen MR) is 51.0 cm³/mol. The number of aliphatic carboxylic acids is 1. The van der Waals surface area contributed by atoms with E-state index < -0.39 is 17.3 Å². The molecule has 82 valence electrons. The molecule has 1 amide bonds. The maximum Gasteiger partial charge on any atom is 0.318 e. The van der Waals surface area contributed by atoms with Crippen LogP contribution in [-0.4, -0.2) is 31.7 Å². The second-order valence-electron chi connectivity index (χ2n) is 3.59. The van der Waals surface area contributed by atoms with Crippen LogP contribution in [0.1, 0.15) is 13.8 Å². The largest absolute Gasteiger partial charge is 0.480 e. The number of carboxylic acids is 1. The zero-order valence-electron chi connectivity index (χ0n) is 8.68. The normalized spacial score (nSPS) is 11.1. The van der Waals surface area contributed by atoms with Gasteiger partial charge in [0.1, 0.15) is 11.7 Å². The van der Waals surface area contributed by atoms with Gasteiger partial charge in [-0.25, -0.2) is 4.68 Å². The highest BCUT2D eigenvalue weighted by Gasteiger charge is 2.36. The second kappa shape index (κ2) is 3.68. The van der Waals surface area contributed by atoms with Crippen LogP contribution in [0.2, 0.25) is 0 Å². The van der Waals surface area contributed by atoms with E-state index in [0.29, 0.717) is 0 Å². The van der Waals surface area contributed by atoms with Crippen LogP contribution in [0.15, 0.2) is 6.33 Å². The molecule has 1 heterocycles. The van der Waals surface area contributed by atoms with Gasteiger partial charge in [0.2, 0.25) is 11.9 Å². The van der Waals surface area contributed by atoms with Crippen LogP contribution in [0, 0.1) is 5.41 Å². The summed E-state index contributed by atoms with van der Waals surface area (Å²) >= 11 is 0. The minimum absolute atomic E-state index is 0.217. The average molecular weight is 212 g/mol. The lowest BCUT2D eigenvalue weighted by Gasteiger charge is -2.17. The first-order chi connectivity index (χ1) is 6.85. The fourth-order valence-corrected chi connectivity index (χ4v) is 0.764. The standard InChI is InChI=1S/C8H12N4O3/c1-8(2,6(14)15)5(13)11-7-9-4-10-12(7)3/h4H,1-3H3,(H,14,15)(H,9,10,11,13). The highest BCUT2D eigenvalue weighted by Crippen LogP contribution is 2.17. The number of nitrogens with one attached hydrogen (secondary N) is 1. The molecule has 1 aromatic rings. The van der Waals surface area contributed by atoms with E-state index in [-0.39, 0.29) is 5.95 Å². The van der Waals surface area contributed by atoms with Gasteiger partial charge in [0.25, 0.3) is 0 Å². The third kappa shape index (κ3) is 2.12. The molecule has 7 heteroatoms. The van der Waals surface area contributed by atoms with Crippen molar-refractivity contribution in [3.8, 4) is 0 Å². The number of nitrogens with zero attached hydrogens (tertiary/aromatic N) is 3. The van der Waals surface area contributed by atoms with Crippen LogP contribution in [-0.2, 0) is 16.6 Å². The molecule has 0 radical (unpaired) electrons. The number of carbonyl (C=O) groups excluding carboxylic acids is 1. The van der Waals surface area contributed by atoms with Crippen molar-refractivity contribution in [2.75, 3.05) is 5.32 Å². The summed E-state index contributed by atoms with van der Waals surface area (Å²) in [6.45, 7) is 2.64. The summed E-state index contributed by atoms with van der Waals surface area (Å²) < 4.78 is 1.34. The number of rotatable bonds is 3. The zero-order chi connectivity index (χ0) is 11.6. The van der Waals surface area contributed by atoms with E-state index in [9.17, 15) is 9.59 Å². The Kier molecular flexibility index (Phi) is 2.74. The lowest BCUT2D eigenvalue weighted by molar-refractivity contribution is -0.151. The Labute approximate surface area is 86.1 Å². The van der Waals surface area contributed by atoms with E-state index >= 15 is 0 Å². The predicted octanol–water partition coefficient (Wildman–Crippen LogP) is -0.136. The molecule has 0 aliphatic carbocycles. The van der Waals surface area contributed by atoms with Crippen molar-refractivity contribution in [3.05, 3.63) is 6.33 Å². The van der Waals surface area contributed by atoms with Gasteiger partial charge in [0.05, 0.1) is 0 Å². The Morgan fingerprint density at radius 3 is 2.53 bits per heavy atom. The summed E-state index contributed by atoms with van der Waals surface area (Å²) in [7, 11) is 1.59. The summed E-state index contributed by atoms with van der Waals surface area (Å²) in [4.78, 5) is 26.1. The summed E-state index contributed by atoms with van der Waals surface area (Å²) in [6.07, 6.45) is 1.27. The Balaban J connectivity index is 2.81. The van der Waals surface area contributed by atoms with Crippen molar-refractivity contribution < 1.29 is 14.7 Å². The van der Waals surface area contributed by atoms with Gasteiger partial charge in [-0.2, -0.15) is 10.1 Å². The smallest absolute Gasteiger partial charge is 0.318 e. The number of carbonyl (C=O) groups is 2. The molecule has 0 spiro atoms. The SMILES string of the molecule is Cn1ncnc1NC(=O)C(C)(C)C(=O)O. The van der Waals surface area contributed by atoms with Gasteiger partial charge in [0, 0.05) is 7.05 Å². The third-order valence-corrected chi connectivity index (χ3v) is 2.04. The molecule has 1 rings (SSSR count). The zero-order valence-corrected chi connectivity index (χ0v) is 8.68. The quantitative estimate of drug-likeness (QED) is 0.680. The molecule has 0 saturated heterocycles. The minimum atomic E-state index is -1.49. The van der Waals surface area contributed by atoms with Gasteiger partial charge < -0.3 is 5.11 Å². The molecule has 15 heavy (non-hydrogen) atoms. The first kappa shape index (κ1) is 11.2. The van der Waals surface area contributed by atoms with Crippen LogP contribution in [0.25, 0.3) is 0 Å². The minimum Gasteiger partial charge on any atom is -0.480 e. The highest BCUT2D eigenvalue weighted by atomic mass is 16.4. The van der Waals surface area contributed by atoms with Gasteiger partial charge >= 0.3 is 5.97 Å². The maximum absolute atomic E-state index is 11.6. The number of carboxylic acid groups (broad SMARTS) is 1. The number of anilines is 1. The summed E-state index contributed by atoms with van der Waals surface area (Å²) in [5.41, 5.74) is -1.49. The topological polar surface area (TPSA) is 97.1 Å². The number of hydrogen-bond donors (Lipinski definition) is 2. The molecule has 0 aliphatic heterocycles. The van der Waals surface area contributed by atoms with E-state index in [4.69, 9.17) is 5.11 Å². The van der Waals surface area contributed by atoms with Crippen LogP contribution >= 0.6 is 0 Å². The average Bonchev–Trinajstić information content (AvgIpc) is 2.51. The number of aromatic nitrogens is 3. The molecule has 0 bridgehead atoms. The van der Waals surface area contributed by atoms with Gasteiger partial charge in [0.15, 0.2) is 0 Å². The lowest BCUT2D eigenvalue weighted by atomic mass is 9.93. The van der Waals surface area contributed by atoms with Crippen LogP contribution in [0.3, 0.4) is 0 Å². The van der Waals surface area contributed by atoms with Crippen molar-refractivity contribution in [2.45, 2.75) is 13.8 Å². The Morgan fingerprint density at radius 2 is 2.13 bits per heavy atom. The molecule has 1 aromatic heterocycles. The Morgan fingerprint density at radius 1 is 1.53 bits per heavy atom. The fraction of sp³-hybridized carbons (Fsp3) is 0.500. The number of hydrogen-bond acceptors (Lipinski definition) is 4. The molecule has 2 N–H and O–H groups in total. The Bertz CT molecular complexity index is 396. The van der Waals surface area contributed by atoms with Gasteiger partial charge in [-0.05, 0) is 13.8 Å². The molecule has 0 saturated carbocycles. The lowest BCUT2D eigenvalue weighted by Crippen LogP contribution is -2.38. The van der Waals surface area contributed by atoms with E-state index in [1.54, 1.807) is 7.05 Å². The van der Waals surface area contributed by atoms with Crippen molar-refractivity contribution in [3.63, 3.8) is 0 Å². The molecule has 0 atom stereocenters. The fourth-order valence-electron chi connectivity index (χ4n) is 0.764. The van der Waals surface area contributed by atoms with E-state index in [1.807, 2.05) is 0 Å². The highest BCUT2D eigenvalue weighted by molar-refractivity contribution is 6.06. The molecule has 0 unspecified atom stereocenters. The maximum atomic E-state index is 11.6. The van der Waals surface area contributed by atoms with Crippen molar-refractivity contribution in [1.29, 1.82) is 0 Å². The van der Waals surface area contributed by atoms with Gasteiger partial charge in [-0.15, -0.1) is 0 Å². The molecule has 0 fully saturated rings. The van der Waals surface area contributed by atoms with Crippen molar-refractivity contribution in [1.82, 2.24) is 14.8 Å². The number of amides is 1. The van der Waals surface area contributed by atoms with Crippen molar-refractivity contribution in [2.24, 2.45) is 12.5 Å². The monoisotopic (exact) mass is 212 g/mol. The van der Waals surface area contributed by atoms with Crippen LogP contribution < -0.4 is 5.32 Å². The second-order valence-corrected chi connectivity index (χ2v) is 3.59. The van der Waals surface area contributed by atoms with E-state index in [2.05, 4.69) is 15.4 Å². The van der Waals surface area contributed by atoms with Crippen molar-refractivity contribution >= 4 is 17.8 Å². The first-order valence-electron chi connectivity index (χ1n) is 4.24. The molecule has 0 aliphatic rings. The third-order valence-electron chi connectivity index (χ3n) is 2.04. The molecular formula is C8H12N4O3. The molecular weight excluding hydrogens is 200 g/mol. The summed E-state index contributed by atoms with van der Waals surface area (Å²) in [5.74, 6) is -1.61. The van der Waals surface area contributed by atoms with Crippen LogP contribution in [0.5, 0.6) is 0 Å². The number of aryl methyl sites for hydroxylation is 1. The van der Waals surface area contributed by atoms with E-state index in [1.165, 1.54) is 24.9 Å². The first-order valence-corrected chi connectivity index (χ1v) is 4.24. The van der Waals surface area contributed by atoms with Gasteiger partial charge in [-0.3, -0.25) is 14.9 Å². The van der Waals surface area contributed by atoms with Crippen LogP contribution in [0.4, 0.5) is 5.95 Å². The molecule has 0 aromatic carbocycles. The molecule has 7 nitrogen and oxygen atoms in total. The summed E-state index contributed by atoms with van der Waals surface area (Å²) in [5, 5.41) is 14.9. The Hall–Kier alpha value is -1.92. The van der Waals surface area contributed by atoms with E-state index in [0.717, 1.165) is 0 Å². The van der Waals surface area contributed by atoms with Gasteiger partial charge in [-0.1, -0.05) is 0 Å².